The van der Waals surface area contributed by atoms with Crippen LogP contribution in [0.5, 0.6) is 0 Å². The molecule has 0 fully saturated rings. The standard InChI is InChI=1S/C28H51NO5S/c1-21(2)10-7-11-22(3)12-8-13-23(4)14-9-15-24(5)18-19-35-20-25(28(32)33)29-26(30)16-17-27(31)34-6/h18,21-23,25H,7-17,19-20H2,1-6H3,(H,29,30)(H,32,33)/b24-18+/t22?,23?,25-/m0/s1. The van der Waals surface area contributed by atoms with Gasteiger partial charge >= 0.3 is 11.9 Å². The molecule has 0 aliphatic rings. The van der Waals surface area contributed by atoms with E-state index in [0.29, 0.717) is 0 Å². The Kier molecular flexibility index (Phi) is 19.8. The number of rotatable bonds is 21. The lowest BCUT2D eigenvalue weighted by molar-refractivity contribution is -0.142. The summed E-state index contributed by atoms with van der Waals surface area (Å²) in [6, 6.07) is -0.961. The molecule has 3 atom stereocenters. The molecule has 0 heterocycles. The fourth-order valence-corrected chi connectivity index (χ4v) is 4.96. The van der Waals surface area contributed by atoms with Crippen LogP contribution in [0.2, 0.25) is 0 Å². The predicted molar refractivity (Wildman–Crippen MR) is 147 cm³/mol. The summed E-state index contributed by atoms with van der Waals surface area (Å²) in [5, 5.41) is 11.8. The number of carbonyl (C=O) groups is 3. The Morgan fingerprint density at radius 1 is 0.886 bits per heavy atom. The molecule has 2 N–H and O–H groups in total. The summed E-state index contributed by atoms with van der Waals surface area (Å²) in [5.74, 6) is 1.43. The van der Waals surface area contributed by atoms with Gasteiger partial charge in [0.2, 0.25) is 5.91 Å². The largest absolute Gasteiger partial charge is 0.480 e. The molecule has 0 aromatic heterocycles. The lowest BCUT2D eigenvalue weighted by Crippen LogP contribution is -2.42. The molecule has 7 heteroatoms. The van der Waals surface area contributed by atoms with Gasteiger partial charge in [0, 0.05) is 17.9 Å². The van der Waals surface area contributed by atoms with Crippen molar-refractivity contribution in [1.29, 1.82) is 0 Å². The summed E-state index contributed by atoms with van der Waals surface area (Å²) in [4.78, 5) is 34.4. The summed E-state index contributed by atoms with van der Waals surface area (Å²) < 4.78 is 4.49. The van der Waals surface area contributed by atoms with Crippen LogP contribution < -0.4 is 5.32 Å². The third kappa shape index (κ3) is 20.4. The SMILES string of the molecule is COC(=O)CCC(=O)N[C@@H](CSC/C=C(\C)CCCC(C)CCCC(C)CCCC(C)C)C(=O)O. The van der Waals surface area contributed by atoms with Crippen molar-refractivity contribution in [2.45, 2.75) is 111 Å². The summed E-state index contributed by atoms with van der Waals surface area (Å²) in [7, 11) is 1.25. The number of amides is 1. The van der Waals surface area contributed by atoms with Crippen LogP contribution in [0, 0.1) is 17.8 Å². The van der Waals surface area contributed by atoms with Crippen LogP contribution in [0.15, 0.2) is 11.6 Å². The molecule has 0 aliphatic carbocycles. The molecule has 0 radical (unpaired) electrons. The zero-order valence-electron chi connectivity index (χ0n) is 23.1. The first kappa shape index (κ1) is 33.5. The number of aliphatic carboxylic acids is 1. The molecule has 0 rings (SSSR count). The topological polar surface area (TPSA) is 92.7 Å². The van der Waals surface area contributed by atoms with E-state index in [-0.39, 0.29) is 18.6 Å². The first-order valence-electron chi connectivity index (χ1n) is 13.4. The first-order valence-corrected chi connectivity index (χ1v) is 14.5. The van der Waals surface area contributed by atoms with Gasteiger partial charge in [-0.3, -0.25) is 9.59 Å². The van der Waals surface area contributed by atoms with E-state index >= 15 is 0 Å². The number of hydrogen-bond donors (Lipinski definition) is 2. The molecule has 0 spiro atoms. The molecule has 0 saturated heterocycles. The lowest BCUT2D eigenvalue weighted by atomic mass is 9.91. The number of carboxylic acids is 1. The number of thioether (sulfide) groups is 1. The van der Waals surface area contributed by atoms with Crippen LogP contribution in [0.4, 0.5) is 0 Å². The van der Waals surface area contributed by atoms with Gasteiger partial charge in [0.25, 0.3) is 0 Å². The average Bonchev–Trinajstić information content (AvgIpc) is 2.78. The van der Waals surface area contributed by atoms with Crippen molar-refractivity contribution in [3.05, 3.63) is 11.6 Å². The highest BCUT2D eigenvalue weighted by molar-refractivity contribution is 7.99. The zero-order valence-corrected chi connectivity index (χ0v) is 23.9. The normalized spacial score (nSPS) is 14.4. The van der Waals surface area contributed by atoms with Crippen molar-refractivity contribution >= 4 is 29.6 Å². The van der Waals surface area contributed by atoms with E-state index in [4.69, 9.17) is 0 Å². The molecule has 204 valence electrons. The van der Waals surface area contributed by atoms with Crippen LogP contribution in [0.25, 0.3) is 0 Å². The van der Waals surface area contributed by atoms with Gasteiger partial charge in [-0.1, -0.05) is 84.3 Å². The van der Waals surface area contributed by atoms with Crippen molar-refractivity contribution < 1.29 is 24.2 Å². The lowest BCUT2D eigenvalue weighted by Gasteiger charge is -2.15. The molecule has 1 amide bonds. The second-order valence-corrected chi connectivity index (χ2v) is 11.6. The maximum atomic E-state index is 11.9. The average molecular weight is 514 g/mol. The molecule has 0 saturated carbocycles. The Labute approximate surface area is 218 Å². The first-order chi connectivity index (χ1) is 16.5. The Morgan fingerprint density at radius 2 is 1.46 bits per heavy atom. The van der Waals surface area contributed by atoms with Crippen LogP contribution in [-0.2, 0) is 19.1 Å². The number of ether oxygens (including phenoxy) is 1. The van der Waals surface area contributed by atoms with E-state index in [0.717, 1.165) is 29.9 Å². The van der Waals surface area contributed by atoms with E-state index in [2.05, 4.69) is 50.7 Å². The Bertz CT molecular complexity index is 635. The molecule has 0 aromatic carbocycles. The maximum absolute atomic E-state index is 11.9. The van der Waals surface area contributed by atoms with Gasteiger partial charge in [-0.15, -0.1) is 0 Å². The highest BCUT2D eigenvalue weighted by Gasteiger charge is 2.20. The van der Waals surface area contributed by atoms with Gasteiger partial charge in [-0.2, -0.15) is 11.8 Å². The summed E-state index contributed by atoms with van der Waals surface area (Å²) in [5.41, 5.74) is 1.33. The fraction of sp³-hybridized carbons (Fsp3) is 0.821. The molecular formula is C28H51NO5S. The van der Waals surface area contributed by atoms with E-state index in [1.165, 1.54) is 75.8 Å². The van der Waals surface area contributed by atoms with Gasteiger partial charge in [-0.25, -0.2) is 4.79 Å². The molecule has 6 nitrogen and oxygen atoms in total. The van der Waals surface area contributed by atoms with E-state index in [9.17, 15) is 19.5 Å². The molecule has 0 aromatic rings. The van der Waals surface area contributed by atoms with Crippen LogP contribution in [0.3, 0.4) is 0 Å². The van der Waals surface area contributed by atoms with Crippen LogP contribution in [-0.4, -0.2) is 47.6 Å². The number of carbonyl (C=O) groups excluding carboxylic acids is 2. The minimum atomic E-state index is -1.07. The Morgan fingerprint density at radius 3 is 2.00 bits per heavy atom. The third-order valence-electron chi connectivity index (χ3n) is 6.39. The molecule has 0 aliphatic heterocycles. The number of esters is 1. The highest BCUT2D eigenvalue weighted by Crippen LogP contribution is 2.22. The smallest absolute Gasteiger partial charge is 0.327 e. The Hall–Kier alpha value is -1.50. The van der Waals surface area contributed by atoms with Gasteiger partial charge in [0.15, 0.2) is 0 Å². The number of hydrogen-bond acceptors (Lipinski definition) is 5. The van der Waals surface area contributed by atoms with E-state index in [1.54, 1.807) is 0 Å². The number of methoxy groups -OCH3 is 1. The highest BCUT2D eigenvalue weighted by atomic mass is 32.2. The number of nitrogens with one attached hydrogen (secondary N) is 1. The number of carboxylic acid groups (broad SMARTS) is 1. The number of allylic oxidation sites excluding steroid dienone is 1. The quantitative estimate of drug-likeness (QED) is 0.102. The molecule has 0 bridgehead atoms. The zero-order chi connectivity index (χ0) is 26.6. The van der Waals surface area contributed by atoms with Crippen LogP contribution in [0.1, 0.15) is 105 Å². The predicted octanol–water partition coefficient (Wildman–Crippen LogP) is 6.63. The van der Waals surface area contributed by atoms with Crippen LogP contribution >= 0.6 is 11.8 Å². The fourth-order valence-electron chi connectivity index (χ4n) is 3.96. The summed E-state index contributed by atoms with van der Waals surface area (Å²) in [6.45, 7) is 11.5. The van der Waals surface area contributed by atoms with Crippen molar-refractivity contribution in [2.24, 2.45) is 17.8 Å². The van der Waals surface area contributed by atoms with Crippen molar-refractivity contribution in [1.82, 2.24) is 5.32 Å². The molecule has 35 heavy (non-hydrogen) atoms. The molecular weight excluding hydrogens is 462 g/mol. The van der Waals surface area contributed by atoms with Crippen molar-refractivity contribution in [3.63, 3.8) is 0 Å². The monoisotopic (exact) mass is 513 g/mol. The van der Waals surface area contributed by atoms with Gasteiger partial charge in [0.1, 0.15) is 6.04 Å². The van der Waals surface area contributed by atoms with E-state index < -0.39 is 23.9 Å². The Balaban J connectivity index is 4.01. The van der Waals surface area contributed by atoms with Crippen molar-refractivity contribution in [2.75, 3.05) is 18.6 Å². The minimum Gasteiger partial charge on any atom is -0.480 e. The maximum Gasteiger partial charge on any atom is 0.327 e. The summed E-state index contributed by atoms with van der Waals surface area (Å²) >= 11 is 1.49. The molecule has 2 unspecified atom stereocenters. The summed E-state index contributed by atoms with van der Waals surface area (Å²) in [6.07, 6.45) is 13.6. The minimum absolute atomic E-state index is 0.0556. The van der Waals surface area contributed by atoms with Crippen molar-refractivity contribution in [3.8, 4) is 0 Å². The van der Waals surface area contributed by atoms with Gasteiger partial charge in [-0.05, 0) is 37.5 Å². The second kappa shape index (κ2) is 20.7. The van der Waals surface area contributed by atoms with Gasteiger partial charge in [0.05, 0.1) is 13.5 Å². The van der Waals surface area contributed by atoms with Gasteiger partial charge < -0.3 is 15.2 Å². The third-order valence-corrected chi connectivity index (χ3v) is 7.36. The van der Waals surface area contributed by atoms with E-state index in [1.807, 2.05) is 0 Å². The second-order valence-electron chi connectivity index (χ2n) is 10.5.